The second-order valence-electron chi connectivity index (χ2n) is 15.3. The van der Waals surface area contributed by atoms with Crippen molar-refractivity contribution in [3.63, 3.8) is 0 Å². The number of nitrogens with zero attached hydrogens (tertiary/aromatic N) is 1. The van der Waals surface area contributed by atoms with E-state index in [1.165, 1.54) is 18.2 Å². The summed E-state index contributed by atoms with van der Waals surface area (Å²) in [4.78, 5) is 25.6. The zero-order valence-corrected chi connectivity index (χ0v) is 35.6. The van der Waals surface area contributed by atoms with E-state index in [1.807, 2.05) is 30.3 Å². The number of halogens is 21. The molecule has 8 rings (SSSR count). The number of pyridine rings is 1. The average molecular weight is 1070 g/mol. The van der Waals surface area contributed by atoms with Crippen LogP contribution in [0.5, 0.6) is 5.75 Å². The number of carbonyl (C=O) groups is 2. The first-order valence-electron chi connectivity index (χ1n) is 20.0. The second kappa shape index (κ2) is 20.3. The van der Waals surface area contributed by atoms with Crippen molar-refractivity contribution in [3.8, 4) is 5.75 Å². The molecule has 7 aromatic carbocycles. The third-order valence-electron chi connectivity index (χ3n) is 11.3. The topological polar surface area (TPSA) is 47.2 Å². The molecule has 0 fully saturated rings. The van der Waals surface area contributed by atoms with E-state index in [4.69, 9.17) is 4.74 Å². The molecule has 0 spiro atoms. The van der Waals surface area contributed by atoms with Crippen molar-refractivity contribution in [2.24, 2.45) is 0 Å². The molecule has 26 heteroatoms. The predicted molar refractivity (Wildman–Crippen MR) is 215 cm³/mol. The van der Waals surface area contributed by atoms with Gasteiger partial charge in [-0.3, -0.25) is 4.79 Å². The highest BCUT2D eigenvalue weighted by Crippen LogP contribution is 2.31. The third-order valence-corrected chi connectivity index (χ3v) is 11.3. The molecule has 1 aromatic heterocycles. The van der Waals surface area contributed by atoms with Crippen molar-refractivity contribution in [1.29, 1.82) is 0 Å². The van der Waals surface area contributed by atoms with Crippen molar-refractivity contribution >= 4 is 50.7 Å². The molecule has 0 saturated heterocycles. The Balaban J connectivity index is 0.000000237. The number of Topliss-reactive ketones (excluding diaryl/α,β-unsaturated/α-hetero) is 1. The number of fused-ring (bicyclic) bond motifs is 1. The number of carbonyl (C=O) groups excluding carboxylic acids is 2. The Kier molecular flexibility index (Phi) is 14.7. The number of ether oxygens (including phenoxy) is 1. The summed E-state index contributed by atoms with van der Waals surface area (Å²) >= 11 is 0. The van der Waals surface area contributed by atoms with E-state index in [2.05, 4.69) is 0 Å². The van der Waals surface area contributed by atoms with Gasteiger partial charge in [0, 0.05) is 23.1 Å². The number of aromatic nitrogens is 1. The molecule has 0 unspecified atom stereocenters. The lowest BCUT2D eigenvalue weighted by atomic mass is 9.12. The molecule has 0 aliphatic carbocycles. The molecule has 0 radical (unpaired) electrons. The third kappa shape index (κ3) is 8.59. The Bertz CT molecular complexity index is 3250. The number of hydrogen-bond acceptors (Lipinski definition) is 3. The maximum Gasteiger partial charge on any atom is 0.409 e. The lowest BCUT2D eigenvalue weighted by Crippen LogP contribution is -2.81. The van der Waals surface area contributed by atoms with Gasteiger partial charge in [0.1, 0.15) is 52.7 Å². The first-order valence-corrected chi connectivity index (χ1v) is 20.0. The minimum atomic E-state index is -7.22. The Labute approximate surface area is 398 Å². The van der Waals surface area contributed by atoms with Gasteiger partial charge in [-0.15, -0.1) is 21.9 Å². The van der Waals surface area contributed by atoms with Gasteiger partial charge in [0.2, 0.25) is 17.8 Å². The molecule has 1 heterocycles. The molecule has 0 aliphatic heterocycles. The summed E-state index contributed by atoms with van der Waals surface area (Å²) in [7, 11) is 0. The van der Waals surface area contributed by atoms with Crippen LogP contribution in [-0.2, 0) is 6.54 Å². The molecule has 0 bridgehead atoms. The first-order chi connectivity index (χ1) is 34.8. The summed E-state index contributed by atoms with van der Waals surface area (Å²) in [6.07, 6.45) is -7.22. The van der Waals surface area contributed by atoms with Crippen LogP contribution in [0.1, 0.15) is 20.8 Å². The van der Waals surface area contributed by atoms with Crippen LogP contribution in [0.2, 0.25) is 0 Å². The van der Waals surface area contributed by atoms with Crippen LogP contribution in [-0.4, -0.2) is 17.9 Å². The second-order valence-corrected chi connectivity index (χ2v) is 15.3. The van der Waals surface area contributed by atoms with E-state index in [1.54, 1.807) is 47.0 Å². The number of esters is 1. The van der Waals surface area contributed by atoms with Crippen LogP contribution in [0.15, 0.2) is 91.0 Å². The molecule has 0 saturated carbocycles. The van der Waals surface area contributed by atoms with Gasteiger partial charge in [-0.2, -0.15) is 4.57 Å². The minimum absolute atomic E-state index is 0.0485. The number of ketones is 1. The molecule has 74 heavy (non-hydrogen) atoms. The van der Waals surface area contributed by atoms with Crippen LogP contribution < -0.4 is 31.2 Å². The standard InChI is InChI=1S/C24BF20.C24H17FNO3/c26-5-1(6(27)14(35)21(42)13(5)34)25(2-7(28)15(36)22(43)16(37)8(2)29,3-9(30)17(38)23(44)18(39)10(3)31)4-11(32)19(40)24(45)20(41)12(4)33;25-19-11-5-7-13-23(19)29-24(28)21-15-14-17-8-4-6-12-20(17)26(21)16-22(27)18-9-2-1-3-10-18/h;1-15H,16H2/q-1;+1. The van der Waals surface area contributed by atoms with Gasteiger partial charge in [-0.25, -0.2) is 97.0 Å². The maximum absolute atomic E-state index is 15.4. The molecular formula is C48H17BF21NO3. The summed E-state index contributed by atoms with van der Waals surface area (Å²) in [5.41, 5.74) is -12.9. The highest BCUT2D eigenvalue weighted by Gasteiger charge is 2.52. The molecule has 8 aromatic rings. The monoisotopic (exact) mass is 1070 g/mol. The summed E-state index contributed by atoms with van der Waals surface area (Å²) < 4.78 is 315. The lowest BCUT2D eigenvalue weighted by molar-refractivity contribution is -0.659. The highest BCUT2D eigenvalue weighted by atomic mass is 19.2. The fraction of sp³-hybridized carbons (Fsp3) is 0.0208. The van der Waals surface area contributed by atoms with Gasteiger partial charge in [-0.1, -0.05) is 54.6 Å². The summed E-state index contributed by atoms with van der Waals surface area (Å²) in [5, 5.41) is 0.871. The van der Waals surface area contributed by atoms with Gasteiger partial charge in [0.05, 0.1) is 0 Å². The Hall–Kier alpha value is -8.32. The molecule has 4 nitrogen and oxygen atoms in total. The highest BCUT2D eigenvalue weighted by molar-refractivity contribution is 7.20. The van der Waals surface area contributed by atoms with E-state index < -0.39 is 156 Å². The van der Waals surface area contributed by atoms with Crippen molar-refractivity contribution in [1.82, 2.24) is 0 Å². The summed E-state index contributed by atoms with van der Waals surface area (Å²) in [6, 6.07) is 25.3. The maximum atomic E-state index is 15.4. The van der Waals surface area contributed by atoms with Gasteiger partial charge in [0.15, 0.2) is 81.4 Å². The zero-order chi connectivity index (χ0) is 54.6. The molecule has 0 N–H and O–H groups in total. The SMILES string of the molecule is Fc1c(F)c(F)c([B-](c2c(F)c(F)c(F)c(F)c2F)(c2c(F)c(F)c(F)c(F)c2F)c2c(F)c(F)c(F)c(F)c2F)c(F)c1F.O=C(C[n+]1c(C(=O)Oc2ccccc2F)ccc2ccccc21)c1ccccc1. The summed E-state index contributed by atoms with van der Waals surface area (Å²) in [6.45, 7) is -0.0485. The quantitative estimate of drug-likeness (QED) is 0.0212. The average Bonchev–Trinajstić information content (AvgIpc) is 3.39. The number of para-hydroxylation sites is 2. The smallest absolute Gasteiger partial charge is 0.409 e. The molecule has 0 atom stereocenters. The van der Waals surface area contributed by atoms with E-state index in [-0.39, 0.29) is 23.8 Å². The van der Waals surface area contributed by atoms with E-state index in [9.17, 15) is 66.7 Å². The molecule has 0 aliphatic rings. The van der Waals surface area contributed by atoms with Gasteiger partial charge in [-0.05, 0) is 24.3 Å². The van der Waals surface area contributed by atoms with Crippen LogP contribution in [0.25, 0.3) is 10.9 Å². The van der Waals surface area contributed by atoms with Crippen LogP contribution in [0.3, 0.4) is 0 Å². The Morgan fingerprint density at radius 2 is 0.689 bits per heavy atom. The van der Waals surface area contributed by atoms with Crippen molar-refractivity contribution in [3.05, 3.63) is 224 Å². The predicted octanol–water partition coefficient (Wildman–Crippen LogP) is 10.2. The lowest BCUT2D eigenvalue weighted by Gasteiger charge is -2.44. The first kappa shape index (κ1) is 53.5. The van der Waals surface area contributed by atoms with Crippen molar-refractivity contribution in [2.45, 2.75) is 6.54 Å². The van der Waals surface area contributed by atoms with E-state index in [0.29, 0.717) is 11.1 Å². The van der Waals surface area contributed by atoms with Gasteiger partial charge >= 0.3 is 5.97 Å². The van der Waals surface area contributed by atoms with Crippen molar-refractivity contribution < 1.29 is 111 Å². The fourth-order valence-corrected chi connectivity index (χ4v) is 8.02. The molecular weight excluding hydrogens is 1050 g/mol. The number of hydrogen-bond donors (Lipinski definition) is 0. The zero-order valence-electron chi connectivity index (χ0n) is 35.6. The number of rotatable bonds is 9. The Morgan fingerprint density at radius 1 is 0.365 bits per heavy atom. The fourth-order valence-electron chi connectivity index (χ4n) is 8.02. The minimum Gasteiger partial charge on any atom is -0.415 e. The van der Waals surface area contributed by atoms with Crippen LogP contribution in [0, 0.1) is 122 Å². The van der Waals surface area contributed by atoms with E-state index >= 15 is 35.1 Å². The van der Waals surface area contributed by atoms with Gasteiger partial charge in [0.25, 0.3) is 5.69 Å². The van der Waals surface area contributed by atoms with Crippen LogP contribution in [0.4, 0.5) is 92.2 Å². The van der Waals surface area contributed by atoms with Crippen molar-refractivity contribution in [2.75, 3.05) is 0 Å². The van der Waals surface area contributed by atoms with E-state index in [0.717, 1.165) is 5.39 Å². The van der Waals surface area contributed by atoms with Gasteiger partial charge < -0.3 is 4.74 Å². The summed E-state index contributed by atoms with van der Waals surface area (Å²) in [5.74, 6) is -73.1. The van der Waals surface area contributed by atoms with Crippen LogP contribution >= 0.6 is 0 Å². The number of benzene rings is 7. The largest absolute Gasteiger partial charge is 0.415 e. The molecule has 0 amide bonds. The molecule has 382 valence electrons. The Morgan fingerprint density at radius 3 is 1.07 bits per heavy atom. The normalized spacial score (nSPS) is 11.5.